The van der Waals surface area contributed by atoms with E-state index in [0.29, 0.717) is 13.1 Å². The highest BCUT2D eigenvalue weighted by Gasteiger charge is 2.34. The Morgan fingerprint density at radius 1 is 1.45 bits per heavy atom. The van der Waals surface area contributed by atoms with Gasteiger partial charge in [0.05, 0.1) is 12.6 Å². The molecule has 0 aliphatic carbocycles. The van der Waals surface area contributed by atoms with Gasteiger partial charge in [-0.2, -0.15) is 13.2 Å². The number of halogens is 3. The van der Waals surface area contributed by atoms with Gasteiger partial charge in [0.1, 0.15) is 11.5 Å². The van der Waals surface area contributed by atoms with E-state index in [1.165, 1.54) is 4.90 Å². The summed E-state index contributed by atoms with van der Waals surface area (Å²) in [5.41, 5.74) is 0. The zero-order valence-electron chi connectivity index (χ0n) is 11.8. The van der Waals surface area contributed by atoms with Crippen molar-refractivity contribution in [2.75, 3.05) is 26.2 Å². The maximum Gasteiger partial charge on any atom is 0.401 e. The molecule has 2 rings (SSSR count). The third-order valence-electron chi connectivity index (χ3n) is 3.67. The first-order valence-electron chi connectivity index (χ1n) is 6.92. The lowest BCUT2D eigenvalue weighted by atomic mass is 10.1. The summed E-state index contributed by atoms with van der Waals surface area (Å²) in [6.45, 7) is 4.85. The fourth-order valence-electron chi connectivity index (χ4n) is 2.61. The molecule has 20 heavy (non-hydrogen) atoms. The van der Waals surface area contributed by atoms with Crippen LogP contribution in [0.2, 0.25) is 0 Å². The maximum absolute atomic E-state index is 12.3. The van der Waals surface area contributed by atoms with Crippen molar-refractivity contribution in [3.05, 3.63) is 23.7 Å². The van der Waals surface area contributed by atoms with E-state index in [-0.39, 0.29) is 12.0 Å². The Kier molecular flexibility index (Phi) is 4.75. The van der Waals surface area contributed by atoms with Crippen molar-refractivity contribution in [1.29, 1.82) is 0 Å². The molecule has 0 aromatic carbocycles. The van der Waals surface area contributed by atoms with Crippen molar-refractivity contribution in [2.24, 2.45) is 5.92 Å². The molecule has 1 aromatic rings. The number of likely N-dealkylation sites (tertiary alicyclic amines) is 1. The molecule has 0 radical (unpaired) electrons. The van der Waals surface area contributed by atoms with Gasteiger partial charge in [0.2, 0.25) is 0 Å². The Labute approximate surface area is 117 Å². The number of rotatable bonds is 5. The van der Waals surface area contributed by atoms with Gasteiger partial charge in [-0.05, 0) is 51.4 Å². The van der Waals surface area contributed by atoms with Gasteiger partial charge in [0, 0.05) is 6.54 Å². The summed E-state index contributed by atoms with van der Waals surface area (Å²) in [4.78, 5) is 1.48. The molecule has 114 valence electrons. The van der Waals surface area contributed by atoms with Crippen molar-refractivity contribution in [3.63, 3.8) is 0 Å². The fourth-order valence-corrected chi connectivity index (χ4v) is 2.61. The Hall–Kier alpha value is -1.01. The zero-order chi connectivity index (χ0) is 14.8. The third kappa shape index (κ3) is 4.52. The second kappa shape index (κ2) is 6.18. The highest BCUT2D eigenvalue weighted by Crippen LogP contribution is 2.23. The van der Waals surface area contributed by atoms with Crippen molar-refractivity contribution in [1.82, 2.24) is 10.2 Å². The van der Waals surface area contributed by atoms with Crippen LogP contribution in [0.3, 0.4) is 0 Å². The maximum atomic E-state index is 12.3. The first-order valence-corrected chi connectivity index (χ1v) is 6.92. The summed E-state index contributed by atoms with van der Waals surface area (Å²) in [5.74, 6) is 2.01. The van der Waals surface area contributed by atoms with Gasteiger partial charge in [-0.15, -0.1) is 0 Å². The van der Waals surface area contributed by atoms with Crippen LogP contribution in [0.4, 0.5) is 13.2 Å². The van der Waals surface area contributed by atoms with Crippen LogP contribution in [0.5, 0.6) is 0 Å². The summed E-state index contributed by atoms with van der Waals surface area (Å²) in [6.07, 6.45) is -3.28. The van der Waals surface area contributed by atoms with Gasteiger partial charge >= 0.3 is 6.18 Å². The average Bonchev–Trinajstić information content (AvgIpc) is 2.93. The summed E-state index contributed by atoms with van der Waals surface area (Å²) in [5, 5.41) is 3.34. The van der Waals surface area contributed by atoms with Crippen LogP contribution >= 0.6 is 0 Å². The Morgan fingerprint density at radius 3 is 2.80 bits per heavy atom. The number of nitrogens with one attached hydrogen (secondary N) is 1. The average molecular weight is 290 g/mol. The normalized spacial score (nSPS) is 22.4. The second-order valence-electron chi connectivity index (χ2n) is 5.58. The minimum atomic E-state index is -4.10. The molecule has 1 fully saturated rings. The Bertz CT molecular complexity index is 430. The van der Waals surface area contributed by atoms with E-state index in [9.17, 15) is 13.2 Å². The van der Waals surface area contributed by atoms with Crippen molar-refractivity contribution in [2.45, 2.75) is 32.5 Å². The van der Waals surface area contributed by atoms with Gasteiger partial charge < -0.3 is 9.73 Å². The van der Waals surface area contributed by atoms with Crippen LogP contribution in [-0.2, 0) is 0 Å². The molecule has 1 aliphatic rings. The van der Waals surface area contributed by atoms with Crippen molar-refractivity contribution in [3.8, 4) is 0 Å². The molecule has 1 N–H and O–H groups in total. The molecule has 6 heteroatoms. The van der Waals surface area contributed by atoms with E-state index >= 15 is 0 Å². The number of aryl methyl sites for hydroxylation is 1. The summed E-state index contributed by atoms with van der Waals surface area (Å²) in [6, 6.07) is 3.92. The number of furan rings is 1. The highest BCUT2D eigenvalue weighted by molar-refractivity contribution is 5.08. The first-order chi connectivity index (χ1) is 9.33. The molecule has 2 atom stereocenters. The molecule has 2 heterocycles. The van der Waals surface area contributed by atoms with Crippen LogP contribution in [0.1, 0.15) is 30.9 Å². The molecule has 1 saturated heterocycles. The molecule has 0 amide bonds. The topological polar surface area (TPSA) is 28.4 Å². The molecule has 0 bridgehead atoms. The van der Waals surface area contributed by atoms with E-state index in [1.807, 2.05) is 26.0 Å². The zero-order valence-corrected chi connectivity index (χ0v) is 11.8. The number of alkyl halides is 3. The van der Waals surface area contributed by atoms with Gasteiger partial charge in [0.15, 0.2) is 0 Å². The largest absolute Gasteiger partial charge is 0.465 e. The van der Waals surface area contributed by atoms with E-state index in [0.717, 1.165) is 24.5 Å². The standard InChI is InChI=1S/C14H21F3N2O/c1-10-3-4-13(20-10)11(2)18-7-12-5-6-19(8-12)9-14(15,16)17/h3-4,11-12,18H,5-9H2,1-2H3. The van der Waals surface area contributed by atoms with Crippen LogP contribution in [-0.4, -0.2) is 37.3 Å². The summed E-state index contributed by atoms with van der Waals surface area (Å²) < 4.78 is 42.4. The minimum absolute atomic E-state index is 0.0837. The van der Waals surface area contributed by atoms with Gasteiger partial charge in [0.25, 0.3) is 0 Å². The second-order valence-corrected chi connectivity index (χ2v) is 5.58. The molecular weight excluding hydrogens is 269 g/mol. The molecular formula is C14H21F3N2O. The lowest BCUT2D eigenvalue weighted by molar-refractivity contribution is -0.143. The molecule has 0 saturated carbocycles. The Balaban J connectivity index is 1.73. The first kappa shape index (κ1) is 15.4. The van der Waals surface area contributed by atoms with Crippen LogP contribution in [0, 0.1) is 12.8 Å². The van der Waals surface area contributed by atoms with Gasteiger partial charge in [-0.3, -0.25) is 4.90 Å². The molecule has 0 spiro atoms. The monoisotopic (exact) mass is 290 g/mol. The van der Waals surface area contributed by atoms with Crippen LogP contribution in [0.15, 0.2) is 16.5 Å². The smallest absolute Gasteiger partial charge is 0.401 e. The Morgan fingerprint density at radius 2 is 2.20 bits per heavy atom. The SMILES string of the molecule is Cc1ccc(C(C)NCC2CCN(CC(F)(F)F)C2)o1. The minimum Gasteiger partial charge on any atom is -0.465 e. The number of hydrogen-bond acceptors (Lipinski definition) is 3. The predicted molar refractivity (Wildman–Crippen MR) is 70.5 cm³/mol. The molecule has 3 nitrogen and oxygen atoms in total. The van der Waals surface area contributed by atoms with Crippen molar-refractivity contribution < 1.29 is 17.6 Å². The van der Waals surface area contributed by atoms with Gasteiger partial charge in [-0.25, -0.2) is 0 Å². The fraction of sp³-hybridized carbons (Fsp3) is 0.714. The van der Waals surface area contributed by atoms with E-state index in [4.69, 9.17) is 4.42 Å². The van der Waals surface area contributed by atoms with Crippen molar-refractivity contribution >= 4 is 0 Å². The van der Waals surface area contributed by atoms with Gasteiger partial charge in [-0.1, -0.05) is 0 Å². The molecule has 1 aliphatic heterocycles. The lowest BCUT2D eigenvalue weighted by Gasteiger charge is -2.19. The van der Waals surface area contributed by atoms with Crippen LogP contribution in [0.25, 0.3) is 0 Å². The summed E-state index contributed by atoms with van der Waals surface area (Å²) in [7, 11) is 0. The predicted octanol–water partition coefficient (Wildman–Crippen LogP) is 3.12. The number of nitrogens with zero attached hydrogens (tertiary/aromatic N) is 1. The van der Waals surface area contributed by atoms with E-state index in [2.05, 4.69) is 5.32 Å². The lowest BCUT2D eigenvalue weighted by Crippen LogP contribution is -2.34. The van der Waals surface area contributed by atoms with E-state index < -0.39 is 12.7 Å². The summed E-state index contributed by atoms with van der Waals surface area (Å²) >= 11 is 0. The number of hydrogen-bond donors (Lipinski definition) is 1. The molecule has 1 aromatic heterocycles. The third-order valence-corrected chi connectivity index (χ3v) is 3.67. The van der Waals surface area contributed by atoms with E-state index in [1.54, 1.807) is 0 Å². The van der Waals surface area contributed by atoms with Crippen LogP contribution < -0.4 is 5.32 Å². The molecule has 2 unspecified atom stereocenters. The highest BCUT2D eigenvalue weighted by atomic mass is 19.4. The quantitative estimate of drug-likeness (QED) is 0.903.